The number of amides is 1. The molecule has 5 heteroatoms. The van der Waals surface area contributed by atoms with Gasteiger partial charge in [-0.2, -0.15) is 0 Å². The van der Waals surface area contributed by atoms with Crippen LogP contribution in [0, 0.1) is 11.6 Å². The quantitative estimate of drug-likeness (QED) is 0.827. The molecule has 1 amide bonds. The maximum Gasteiger partial charge on any atom is 0.255 e. The summed E-state index contributed by atoms with van der Waals surface area (Å²) in [5.41, 5.74) is 1.66. The highest BCUT2D eigenvalue weighted by atomic mass is 19.2. The molecule has 0 aromatic heterocycles. The number of carbonyl (C=O) groups excluding carboxylic acids is 1. The molecule has 0 fully saturated rings. The van der Waals surface area contributed by atoms with E-state index in [0.717, 1.165) is 12.1 Å². The second-order valence-corrected chi connectivity index (χ2v) is 4.27. The number of nitrogens with one attached hydrogen (secondary N) is 2. The second kappa shape index (κ2) is 4.35. The number of rotatable bonds is 1. The zero-order valence-electron chi connectivity index (χ0n) is 9.78. The summed E-state index contributed by atoms with van der Waals surface area (Å²) >= 11 is 0. The first-order chi connectivity index (χ1) is 9.15. The Labute approximate surface area is 108 Å². The minimum Gasteiger partial charge on any atom is -0.361 e. The smallest absolute Gasteiger partial charge is 0.255 e. The van der Waals surface area contributed by atoms with E-state index >= 15 is 0 Å². The van der Waals surface area contributed by atoms with Crippen LogP contribution in [-0.2, 0) is 0 Å². The standard InChI is InChI=1S/C14H10F2N2O/c15-10-6-5-8(7-11(10)16)13-17-12-4-2-1-3-9(12)14(19)18-13/h1-7,13,17H,(H,18,19)/t13-/m1/s1. The van der Waals surface area contributed by atoms with Crippen LogP contribution in [0.2, 0.25) is 0 Å². The summed E-state index contributed by atoms with van der Waals surface area (Å²) in [6, 6.07) is 10.6. The van der Waals surface area contributed by atoms with E-state index in [0.29, 0.717) is 16.8 Å². The Hall–Kier alpha value is -2.43. The Balaban J connectivity index is 1.96. The van der Waals surface area contributed by atoms with Crippen LogP contribution in [0.4, 0.5) is 14.5 Å². The van der Waals surface area contributed by atoms with Crippen LogP contribution in [0.5, 0.6) is 0 Å². The van der Waals surface area contributed by atoms with Crippen LogP contribution in [0.15, 0.2) is 42.5 Å². The summed E-state index contributed by atoms with van der Waals surface area (Å²) in [5, 5.41) is 5.77. The van der Waals surface area contributed by atoms with E-state index in [1.54, 1.807) is 24.3 Å². The van der Waals surface area contributed by atoms with Gasteiger partial charge in [-0.1, -0.05) is 18.2 Å². The Morgan fingerprint density at radius 1 is 0.947 bits per heavy atom. The third kappa shape index (κ3) is 2.03. The number of hydrogen-bond acceptors (Lipinski definition) is 2. The van der Waals surface area contributed by atoms with Gasteiger partial charge in [-0.25, -0.2) is 8.78 Å². The molecule has 3 nitrogen and oxygen atoms in total. The van der Waals surface area contributed by atoms with E-state index in [2.05, 4.69) is 10.6 Å². The molecule has 0 bridgehead atoms. The molecular weight excluding hydrogens is 250 g/mol. The molecule has 0 saturated carbocycles. The predicted molar refractivity (Wildman–Crippen MR) is 66.6 cm³/mol. The SMILES string of the molecule is O=C1N[C@H](c2ccc(F)c(F)c2)Nc2ccccc21. The van der Waals surface area contributed by atoms with Gasteiger partial charge in [0, 0.05) is 5.69 Å². The number of carbonyl (C=O) groups is 1. The Bertz CT molecular complexity index is 658. The molecule has 0 saturated heterocycles. The molecule has 0 aliphatic carbocycles. The molecule has 1 heterocycles. The first kappa shape index (κ1) is 11.6. The molecule has 1 atom stereocenters. The van der Waals surface area contributed by atoms with Crippen LogP contribution < -0.4 is 10.6 Å². The lowest BCUT2D eigenvalue weighted by atomic mass is 10.1. The van der Waals surface area contributed by atoms with E-state index in [1.165, 1.54) is 6.07 Å². The number of halogens is 2. The predicted octanol–water partition coefficient (Wildman–Crippen LogP) is 2.82. The van der Waals surface area contributed by atoms with Gasteiger partial charge in [0.1, 0.15) is 6.17 Å². The Morgan fingerprint density at radius 2 is 1.74 bits per heavy atom. The lowest BCUT2D eigenvalue weighted by molar-refractivity contribution is 0.0935. The van der Waals surface area contributed by atoms with Crippen LogP contribution in [0.25, 0.3) is 0 Å². The third-order valence-electron chi connectivity index (χ3n) is 3.02. The summed E-state index contributed by atoms with van der Waals surface area (Å²) in [7, 11) is 0. The van der Waals surface area contributed by atoms with Gasteiger partial charge in [0.15, 0.2) is 11.6 Å². The molecular formula is C14H10F2N2O. The van der Waals surface area contributed by atoms with Gasteiger partial charge in [0.25, 0.3) is 5.91 Å². The van der Waals surface area contributed by atoms with Crippen molar-refractivity contribution in [1.82, 2.24) is 5.32 Å². The summed E-state index contributed by atoms with van der Waals surface area (Å²) in [6.45, 7) is 0. The maximum atomic E-state index is 13.2. The van der Waals surface area contributed by atoms with Gasteiger partial charge >= 0.3 is 0 Å². The number of hydrogen-bond donors (Lipinski definition) is 2. The first-order valence-corrected chi connectivity index (χ1v) is 5.76. The van der Waals surface area contributed by atoms with Gasteiger partial charge in [-0.15, -0.1) is 0 Å². The van der Waals surface area contributed by atoms with Crippen molar-refractivity contribution in [1.29, 1.82) is 0 Å². The number of fused-ring (bicyclic) bond motifs is 1. The van der Waals surface area contributed by atoms with Gasteiger partial charge < -0.3 is 10.6 Å². The summed E-state index contributed by atoms with van der Waals surface area (Å²) in [5.74, 6) is -2.09. The van der Waals surface area contributed by atoms with Crippen molar-refractivity contribution < 1.29 is 13.6 Å². The van der Waals surface area contributed by atoms with Gasteiger partial charge in [0.2, 0.25) is 0 Å². The number of benzene rings is 2. The summed E-state index contributed by atoms with van der Waals surface area (Å²) in [4.78, 5) is 11.9. The molecule has 2 aromatic rings. The molecule has 0 unspecified atom stereocenters. The fourth-order valence-corrected chi connectivity index (χ4v) is 2.07. The number of para-hydroxylation sites is 1. The lowest BCUT2D eigenvalue weighted by Crippen LogP contribution is -2.38. The summed E-state index contributed by atoms with van der Waals surface area (Å²) < 4.78 is 26.1. The van der Waals surface area contributed by atoms with E-state index in [9.17, 15) is 13.6 Å². The van der Waals surface area contributed by atoms with Gasteiger partial charge in [-0.05, 0) is 29.8 Å². The minimum atomic E-state index is -0.938. The second-order valence-electron chi connectivity index (χ2n) is 4.27. The Morgan fingerprint density at radius 3 is 2.53 bits per heavy atom. The van der Waals surface area contributed by atoms with Crippen LogP contribution in [0.1, 0.15) is 22.1 Å². The van der Waals surface area contributed by atoms with Gasteiger partial charge in [-0.3, -0.25) is 4.79 Å². The van der Waals surface area contributed by atoms with Crippen LogP contribution in [0.3, 0.4) is 0 Å². The zero-order valence-corrected chi connectivity index (χ0v) is 9.78. The molecule has 2 aromatic carbocycles. The fraction of sp³-hybridized carbons (Fsp3) is 0.0714. The van der Waals surface area contributed by atoms with E-state index in [1.807, 2.05) is 0 Å². The lowest BCUT2D eigenvalue weighted by Gasteiger charge is -2.28. The molecule has 96 valence electrons. The van der Waals surface area contributed by atoms with Crippen molar-refractivity contribution in [3.8, 4) is 0 Å². The normalized spacial score (nSPS) is 17.4. The minimum absolute atomic E-state index is 0.246. The average Bonchev–Trinajstić information content (AvgIpc) is 2.42. The third-order valence-corrected chi connectivity index (χ3v) is 3.02. The molecule has 0 spiro atoms. The highest BCUT2D eigenvalue weighted by Crippen LogP contribution is 2.26. The average molecular weight is 260 g/mol. The van der Waals surface area contributed by atoms with E-state index in [4.69, 9.17) is 0 Å². The molecule has 3 rings (SSSR count). The van der Waals surface area contributed by atoms with Crippen molar-refractivity contribution in [2.75, 3.05) is 5.32 Å². The van der Waals surface area contributed by atoms with Crippen molar-refractivity contribution in [2.24, 2.45) is 0 Å². The van der Waals surface area contributed by atoms with Crippen LogP contribution >= 0.6 is 0 Å². The molecule has 1 aliphatic rings. The highest BCUT2D eigenvalue weighted by Gasteiger charge is 2.24. The van der Waals surface area contributed by atoms with Crippen molar-refractivity contribution in [2.45, 2.75) is 6.17 Å². The van der Waals surface area contributed by atoms with Crippen LogP contribution in [-0.4, -0.2) is 5.91 Å². The van der Waals surface area contributed by atoms with E-state index < -0.39 is 17.8 Å². The Kier molecular flexibility index (Phi) is 2.67. The zero-order chi connectivity index (χ0) is 13.4. The monoisotopic (exact) mass is 260 g/mol. The topological polar surface area (TPSA) is 41.1 Å². The van der Waals surface area contributed by atoms with Gasteiger partial charge in [0.05, 0.1) is 5.56 Å². The fourth-order valence-electron chi connectivity index (χ4n) is 2.07. The van der Waals surface area contributed by atoms with Crippen molar-refractivity contribution in [3.05, 3.63) is 65.2 Å². The molecule has 19 heavy (non-hydrogen) atoms. The van der Waals surface area contributed by atoms with E-state index in [-0.39, 0.29) is 5.91 Å². The highest BCUT2D eigenvalue weighted by molar-refractivity contribution is 6.01. The molecule has 2 N–H and O–H groups in total. The number of anilines is 1. The largest absolute Gasteiger partial charge is 0.361 e. The maximum absolute atomic E-state index is 13.2. The van der Waals surface area contributed by atoms with Crippen molar-refractivity contribution in [3.63, 3.8) is 0 Å². The summed E-state index contributed by atoms with van der Waals surface area (Å²) in [6.07, 6.45) is -0.572. The van der Waals surface area contributed by atoms with Crippen molar-refractivity contribution >= 4 is 11.6 Å². The molecule has 0 radical (unpaired) electrons. The molecule has 1 aliphatic heterocycles. The first-order valence-electron chi connectivity index (χ1n) is 5.76.